The first-order valence-corrected chi connectivity index (χ1v) is 9.63. The average Bonchev–Trinajstić information content (AvgIpc) is 2.59. The number of ether oxygens (including phenoxy) is 1. The van der Waals surface area contributed by atoms with Gasteiger partial charge in [0.2, 0.25) is 0 Å². The Balaban J connectivity index is 1.58. The van der Waals surface area contributed by atoms with Crippen molar-refractivity contribution in [2.24, 2.45) is 0 Å². The van der Waals surface area contributed by atoms with Gasteiger partial charge in [0.1, 0.15) is 5.75 Å². The topological polar surface area (TPSA) is 9.23 Å². The lowest BCUT2D eigenvalue weighted by atomic mass is 9.84. The summed E-state index contributed by atoms with van der Waals surface area (Å²) in [7, 11) is 0. The summed E-state index contributed by atoms with van der Waals surface area (Å²) in [5.74, 6) is 1.84. The van der Waals surface area contributed by atoms with E-state index in [1.165, 1.54) is 82.6 Å². The second kappa shape index (κ2) is 10.7. The van der Waals surface area contributed by atoms with Crippen LogP contribution in [0.5, 0.6) is 5.75 Å². The van der Waals surface area contributed by atoms with Gasteiger partial charge in [-0.1, -0.05) is 76.8 Å². The van der Waals surface area contributed by atoms with Gasteiger partial charge in [0.05, 0.1) is 6.61 Å². The predicted molar refractivity (Wildman–Crippen MR) is 95.8 cm³/mol. The van der Waals surface area contributed by atoms with Crippen molar-refractivity contribution < 1.29 is 4.74 Å². The summed E-state index contributed by atoms with van der Waals surface area (Å²) in [4.78, 5) is 0. The van der Waals surface area contributed by atoms with Crippen molar-refractivity contribution >= 4 is 0 Å². The van der Waals surface area contributed by atoms with Gasteiger partial charge in [0, 0.05) is 0 Å². The molecule has 124 valence electrons. The van der Waals surface area contributed by atoms with Crippen molar-refractivity contribution in [2.75, 3.05) is 6.61 Å². The number of rotatable bonds is 10. The molecular formula is C21H34O. The van der Waals surface area contributed by atoms with Crippen molar-refractivity contribution in [1.29, 1.82) is 0 Å². The molecule has 0 radical (unpaired) electrons. The fourth-order valence-corrected chi connectivity index (χ4v) is 3.52. The highest BCUT2D eigenvalue weighted by atomic mass is 16.5. The highest BCUT2D eigenvalue weighted by Crippen LogP contribution is 2.33. The maximum absolute atomic E-state index is 5.88. The van der Waals surface area contributed by atoms with E-state index in [1.54, 1.807) is 0 Å². The van der Waals surface area contributed by atoms with Gasteiger partial charge in [-0.2, -0.15) is 0 Å². The van der Waals surface area contributed by atoms with Gasteiger partial charge in [-0.3, -0.25) is 0 Å². The fraction of sp³-hybridized carbons (Fsp3) is 0.714. The molecule has 1 fully saturated rings. The zero-order chi connectivity index (χ0) is 15.5. The molecule has 1 aromatic carbocycles. The summed E-state index contributed by atoms with van der Waals surface area (Å²) in [5, 5.41) is 0. The van der Waals surface area contributed by atoms with Gasteiger partial charge in [-0.05, 0) is 42.9 Å². The van der Waals surface area contributed by atoms with Crippen LogP contribution in [0.4, 0.5) is 0 Å². The number of hydrogen-bond acceptors (Lipinski definition) is 1. The van der Waals surface area contributed by atoms with Crippen molar-refractivity contribution in [1.82, 2.24) is 0 Å². The number of benzene rings is 1. The second-order valence-corrected chi connectivity index (χ2v) is 6.87. The third-order valence-corrected chi connectivity index (χ3v) is 4.97. The SMILES string of the molecule is CCCCCCCCCOc1ccc(C2CCCCC2)cc1. The van der Waals surface area contributed by atoms with E-state index in [4.69, 9.17) is 4.74 Å². The summed E-state index contributed by atoms with van der Waals surface area (Å²) in [6, 6.07) is 8.92. The van der Waals surface area contributed by atoms with Gasteiger partial charge in [-0.25, -0.2) is 0 Å². The first kappa shape index (κ1) is 17.4. The largest absolute Gasteiger partial charge is 0.494 e. The van der Waals surface area contributed by atoms with Crippen LogP contribution in [0, 0.1) is 0 Å². The molecule has 1 aromatic rings. The molecule has 0 aromatic heterocycles. The van der Waals surface area contributed by atoms with Crippen molar-refractivity contribution in [3.63, 3.8) is 0 Å². The van der Waals surface area contributed by atoms with Crippen LogP contribution in [0.25, 0.3) is 0 Å². The van der Waals surface area contributed by atoms with E-state index in [-0.39, 0.29) is 0 Å². The summed E-state index contributed by atoms with van der Waals surface area (Å²) >= 11 is 0. The Labute approximate surface area is 137 Å². The van der Waals surface area contributed by atoms with Crippen molar-refractivity contribution in [2.45, 2.75) is 89.9 Å². The Bertz CT molecular complexity index is 375. The second-order valence-electron chi connectivity index (χ2n) is 6.87. The van der Waals surface area contributed by atoms with E-state index >= 15 is 0 Å². The van der Waals surface area contributed by atoms with Crippen LogP contribution in [0.3, 0.4) is 0 Å². The first-order valence-electron chi connectivity index (χ1n) is 9.63. The Kier molecular flexibility index (Phi) is 8.45. The molecule has 0 heterocycles. The summed E-state index contributed by atoms with van der Waals surface area (Å²) in [5.41, 5.74) is 1.52. The van der Waals surface area contributed by atoms with Crippen LogP contribution in [0.1, 0.15) is 95.5 Å². The van der Waals surface area contributed by atoms with Gasteiger partial charge in [0.25, 0.3) is 0 Å². The molecule has 0 spiro atoms. The number of hydrogen-bond donors (Lipinski definition) is 0. The van der Waals surface area contributed by atoms with Gasteiger partial charge in [0.15, 0.2) is 0 Å². The summed E-state index contributed by atoms with van der Waals surface area (Å²) < 4.78 is 5.88. The molecule has 1 saturated carbocycles. The Morgan fingerprint density at radius 2 is 1.45 bits per heavy atom. The van der Waals surface area contributed by atoms with E-state index in [1.807, 2.05) is 0 Å². The molecule has 0 atom stereocenters. The van der Waals surface area contributed by atoms with Crippen LogP contribution in [0.2, 0.25) is 0 Å². The summed E-state index contributed by atoms with van der Waals surface area (Å²) in [6.45, 7) is 3.14. The van der Waals surface area contributed by atoms with Gasteiger partial charge >= 0.3 is 0 Å². The monoisotopic (exact) mass is 302 g/mol. The normalized spacial score (nSPS) is 15.9. The van der Waals surface area contributed by atoms with E-state index in [0.29, 0.717) is 0 Å². The third kappa shape index (κ3) is 6.42. The molecule has 0 bridgehead atoms. The van der Waals surface area contributed by atoms with Crippen LogP contribution < -0.4 is 4.74 Å². The fourth-order valence-electron chi connectivity index (χ4n) is 3.52. The quantitative estimate of drug-likeness (QED) is 0.429. The van der Waals surface area contributed by atoms with Crippen LogP contribution >= 0.6 is 0 Å². The highest BCUT2D eigenvalue weighted by Gasteiger charge is 2.15. The minimum atomic E-state index is 0.797. The molecule has 0 aliphatic heterocycles. The van der Waals surface area contributed by atoms with E-state index < -0.39 is 0 Å². The lowest BCUT2D eigenvalue weighted by Gasteiger charge is -2.22. The molecule has 1 nitrogen and oxygen atoms in total. The molecular weight excluding hydrogens is 268 g/mol. The van der Waals surface area contributed by atoms with Crippen LogP contribution in [0.15, 0.2) is 24.3 Å². The van der Waals surface area contributed by atoms with Crippen LogP contribution in [-0.2, 0) is 0 Å². The molecule has 0 N–H and O–H groups in total. The lowest BCUT2D eigenvalue weighted by Crippen LogP contribution is -2.04. The molecule has 0 saturated heterocycles. The Morgan fingerprint density at radius 1 is 0.818 bits per heavy atom. The Hall–Kier alpha value is -0.980. The Morgan fingerprint density at radius 3 is 2.14 bits per heavy atom. The zero-order valence-electron chi connectivity index (χ0n) is 14.5. The standard InChI is InChI=1S/C21H34O/c1-2-3-4-5-6-7-11-18-22-21-16-14-20(15-17-21)19-12-9-8-10-13-19/h14-17,19H,2-13,18H2,1H3. The van der Waals surface area contributed by atoms with E-state index in [9.17, 15) is 0 Å². The van der Waals surface area contributed by atoms with Crippen LogP contribution in [-0.4, -0.2) is 6.61 Å². The van der Waals surface area contributed by atoms with Gasteiger partial charge in [-0.15, -0.1) is 0 Å². The van der Waals surface area contributed by atoms with Crippen molar-refractivity contribution in [3.8, 4) is 5.75 Å². The zero-order valence-corrected chi connectivity index (χ0v) is 14.5. The maximum atomic E-state index is 5.88. The summed E-state index contributed by atoms with van der Waals surface area (Å²) in [6.07, 6.45) is 16.4. The molecule has 1 aliphatic carbocycles. The maximum Gasteiger partial charge on any atom is 0.119 e. The third-order valence-electron chi connectivity index (χ3n) is 4.97. The lowest BCUT2D eigenvalue weighted by molar-refractivity contribution is 0.304. The molecule has 1 aliphatic rings. The predicted octanol–water partition coefficient (Wildman–Crippen LogP) is 6.86. The first-order chi connectivity index (χ1) is 10.9. The molecule has 2 rings (SSSR count). The molecule has 22 heavy (non-hydrogen) atoms. The molecule has 0 amide bonds. The van der Waals surface area contributed by atoms with Crippen molar-refractivity contribution in [3.05, 3.63) is 29.8 Å². The minimum Gasteiger partial charge on any atom is -0.494 e. The van der Waals surface area contributed by atoms with E-state index in [2.05, 4.69) is 31.2 Å². The molecule has 1 heteroatoms. The number of unbranched alkanes of at least 4 members (excludes halogenated alkanes) is 6. The average molecular weight is 303 g/mol. The minimum absolute atomic E-state index is 0.797. The van der Waals surface area contributed by atoms with Gasteiger partial charge < -0.3 is 4.74 Å². The highest BCUT2D eigenvalue weighted by molar-refractivity contribution is 5.29. The smallest absolute Gasteiger partial charge is 0.119 e. The van der Waals surface area contributed by atoms with E-state index in [0.717, 1.165) is 18.3 Å². The molecule has 0 unspecified atom stereocenters.